The summed E-state index contributed by atoms with van der Waals surface area (Å²) in [6.07, 6.45) is 0.612. The quantitative estimate of drug-likeness (QED) is 0.400. The number of ketones is 2. The van der Waals surface area contributed by atoms with E-state index in [4.69, 9.17) is 39.5 Å². The van der Waals surface area contributed by atoms with Crippen LogP contribution in [0.2, 0.25) is 10.0 Å². The fourth-order valence-corrected chi connectivity index (χ4v) is 5.15. The first-order chi connectivity index (χ1) is 13.3. The van der Waals surface area contributed by atoms with Crippen LogP contribution < -0.4 is 0 Å². The van der Waals surface area contributed by atoms with Crippen LogP contribution >= 0.6 is 34.8 Å². The van der Waals surface area contributed by atoms with Crippen molar-refractivity contribution >= 4 is 46.4 Å². The van der Waals surface area contributed by atoms with Crippen molar-refractivity contribution in [3.05, 3.63) is 57.6 Å². The monoisotopic (exact) mass is 452 g/mol. The largest absolute Gasteiger partial charge is 0.354 e. The van der Waals surface area contributed by atoms with Gasteiger partial charge in [-0.25, -0.2) is 0 Å². The average molecular weight is 454 g/mol. The average Bonchev–Trinajstić information content (AvgIpc) is 2.64. The van der Waals surface area contributed by atoms with Gasteiger partial charge in [0.25, 0.3) is 0 Å². The van der Waals surface area contributed by atoms with E-state index < -0.39 is 27.6 Å². The summed E-state index contributed by atoms with van der Waals surface area (Å²) < 4.78 is 5.80. The third-order valence-electron chi connectivity index (χ3n) is 5.33. The van der Waals surface area contributed by atoms with Gasteiger partial charge in [0.1, 0.15) is 11.2 Å². The summed E-state index contributed by atoms with van der Waals surface area (Å²) in [5, 5.41) is 0.998. The van der Waals surface area contributed by atoms with Crippen LogP contribution in [0.5, 0.6) is 0 Å². The predicted octanol–water partition coefficient (Wildman–Crippen LogP) is 6.38. The number of hydrogen-bond donors (Lipinski definition) is 0. The Balaban J connectivity index is 2.28. The molecule has 0 bridgehead atoms. The number of halogens is 3. The highest BCUT2D eigenvalue weighted by molar-refractivity contribution is 6.49. The Morgan fingerprint density at radius 3 is 2.00 bits per heavy atom. The second-order valence-corrected chi connectivity index (χ2v) is 9.70. The van der Waals surface area contributed by atoms with Crippen LogP contribution in [-0.2, 0) is 25.6 Å². The number of benzene rings is 2. The highest BCUT2D eigenvalue weighted by Crippen LogP contribution is 2.47. The predicted molar refractivity (Wildman–Crippen MR) is 118 cm³/mol. The summed E-state index contributed by atoms with van der Waals surface area (Å²) in [5.74, 6) is -0.935. The third kappa shape index (κ3) is 3.63. The number of carbonyl (C=O) groups excluding carboxylic acids is 2. The summed E-state index contributed by atoms with van der Waals surface area (Å²) in [7, 11) is 0. The van der Waals surface area contributed by atoms with Crippen molar-refractivity contribution in [1.29, 1.82) is 0 Å². The zero-order chi connectivity index (χ0) is 21.8. The van der Waals surface area contributed by atoms with Gasteiger partial charge in [0.05, 0.1) is 0 Å². The standard InChI is InChI=1S/C23H23Cl3O3/c1-6-13-7-8-14(16-10-9-15(24)12-18(16)25)11-17(13)23(26)19(27)21(2,3)29-22(4,5)20(23)28/h7-12H,6H2,1-5H3. The second kappa shape index (κ2) is 7.39. The molecule has 0 amide bonds. The third-order valence-corrected chi connectivity index (χ3v) is 6.43. The Bertz CT molecular complexity index is 982. The van der Waals surface area contributed by atoms with Crippen LogP contribution in [0.25, 0.3) is 11.1 Å². The SMILES string of the molecule is CCc1ccc(-c2ccc(Cl)cc2Cl)cc1C1(Cl)C(=O)C(C)(C)OC(C)(C)C1=O. The molecule has 1 aliphatic heterocycles. The molecule has 2 aromatic carbocycles. The van der Waals surface area contributed by atoms with Gasteiger partial charge in [-0.1, -0.05) is 59.9 Å². The van der Waals surface area contributed by atoms with Crippen molar-refractivity contribution in [1.82, 2.24) is 0 Å². The molecule has 1 aliphatic rings. The first-order valence-electron chi connectivity index (χ1n) is 9.42. The molecule has 1 fully saturated rings. The summed E-state index contributed by atoms with van der Waals surface area (Å²) in [6, 6.07) is 10.8. The molecule has 0 atom stereocenters. The van der Waals surface area contributed by atoms with Gasteiger partial charge >= 0.3 is 0 Å². The fraction of sp³-hybridized carbons (Fsp3) is 0.391. The molecule has 0 unspecified atom stereocenters. The van der Waals surface area contributed by atoms with E-state index >= 15 is 0 Å². The van der Waals surface area contributed by atoms with Gasteiger partial charge in [-0.05, 0) is 69.0 Å². The summed E-state index contributed by atoms with van der Waals surface area (Å²) in [6.45, 7) is 8.54. The second-order valence-electron chi connectivity index (χ2n) is 8.29. The van der Waals surface area contributed by atoms with E-state index in [9.17, 15) is 9.59 Å². The molecule has 0 aliphatic carbocycles. The minimum Gasteiger partial charge on any atom is -0.354 e. The van der Waals surface area contributed by atoms with Gasteiger partial charge in [-0.2, -0.15) is 0 Å². The molecule has 2 aromatic rings. The van der Waals surface area contributed by atoms with Crippen molar-refractivity contribution in [2.75, 3.05) is 0 Å². The fourth-order valence-electron chi connectivity index (χ4n) is 4.00. The maximum absolute atomic E-state index is 13.4. The van der Waals surface area contributed by atoms with Gasteiger partial charge in [-0.3, -0.25) is 9.59 Å². The molecule has 3 rings (SSSR count). The normalized spacial score (nSPS) is 20.0. The van der Waals surface area contributed by atoms with Crippen LogP contribution in [0.1, 0.15) is 45.7 Å². The number of ether oxygens (including phenoxy) is 1. The Kier molecular flexibility index (Phi) is 5.68. The minimum atomic E-state index is -1.84. The lowest BCUT2D eigenvalue weighted by atomic mass is 9.72. The number of alkyl halides is 1. The maximum atomic E-state index is 13.4. The van der Waals surface area contributed by atoms with Gasteiger partial charge in [-0.15, -0.1) is 0 Å². The van der Waals surface area contributed by atoms with Crippen LogP contribution in [0.3, 0.4) is 0 Å². The van der Waals surface area contributed by atoms with E-state index in [1.54, 1.807) is 52.0 Å². The van der Waals surface area contributed by atoms with Crippen LogP contribution in [-0.4, -0.2) is 22.8 Å². The Morgan fingerprint density at radius 1 is 0.897 bits per heavy atom. The van der Waals surface area contributed by atoms with Crippen molar-refractivity contribution in [2.24, 2.45) is 0 Å². The van der Waals surface area contributed by atoms with Crippen molar-refractivity contribution in [2.45, 2.75) is 57.1 Å². The lowest BCUT2D eigenvalue weighted by Gasteiger charge is -2.46. The van der Waals surface area contributed by atoms with E-state index in [-0.39, 0.29) is 0 Å². The molecule has 1 saturated heterocycles. The molecule has 6 heteroatoms. The van der Waals surface area contributed by atoms with Crippen LogP contribution in [0.15, 0.2) is 36.4 Å². The molecule has 3 nitrogen and oxygen atoms in total. The molecule has 29 heavy (non-hydrogen) atoms. The number of Topliss-reactive ketones (excluding diaryl/α,β-unsaturated/α-hetero) is 2. The van der Waals surface area contributed by atoms with E-state index in [0.717, 1.165) is 16.7 Å². The van der Waals surface area contributed by atoms with E-state index in [1.807, 2.05) is 19.1 Å². The lowest BCUT2D eigenvalue weighted by molar-refractivity contribution is -0.187. The molecule has 0 saturated carbocycles. The highest BCUT2D eigenvalue weighted by Gasteiger charge is 2.62. The van der Waals surface area contributed by atoms with Crippen molar-refractivity contribution in [3.8, 4) is 11.1 Å². The number of rotatable bonds is 3. The van der Waals surface area contributed by atoms with E-state index in [0.29, 0.717) is 22.0 Å². The topological polar surface area (TPSA) is 43.4 Å². The number of carbonyl (C=O) groups is 2. The van der Waals surface area contributed by atoms with Crippen LogP contribution in [0.4, 0.5) is 0 Å². The smallest absolute Gasteiger partial charge is 0.197 e. The number of aryl methyl sites for hydroxylation is 1. The molecule has 0 spiro atoms. The number of hydrogen-bond acceptors (Lipinski definition) is 3. The first-order valence-corrected chi connectivity index (χ1v) is 10.6. The maximum Gasteiger partial charge on any atom is 0.197 e. The molecular weight excluding hydrogens is 431 g/mol. The van der Waals surface area contributed by atoms with Gasteiger partial charge < -0.3 is 4.74 Å². The Hall–Kier alpha value is -1.39. The van der Waals surface area contributed by atoms with Crippen molar-refractivity contribution < 1.29 is 14.3 Å². The molecule has 0 radical (unpaired) electrons. The van der Waals surface area contributed by atoms with Gasteiger partial charge in [0.15, 0.2) is 16.4 Å². The van der Waals surface area contributed by atoms with Crippen molar-refractivity contribution in [3.63, 3.8) is 0 Å². The van der Waals surface area contributed by atoms with Gasteiger partial charge in [0, 0.05) is 15.6 Å². The Morgan fingerprint density at radius 2 is 1.48 bits per heavy atom. The molecule has 1 heterocycles. The van der Waals surface area contributed by atoms with E-state index in [2.05, 4.69) is 0 Å². The summed E-state index contributed by atoms with van der Waals surface area (Å²) >= 11 is 19.4. The Labute approximate surface area is 186 Å². The van der Waals surface area contributed by atoms with Gasteiger partial charge in [0.2, 0.25) is 0 Å². The zero-order valence-corrected chi connectivity index (χ0v) is 19.3. The summed E-state index contributed by atoms with van der Waals surface area (Å²) in [4.78, 5) is 24.9. The highest BCUT2D eigenvalue weighted by atomic mass is 35.5. The first kappa shape index (κ1) is 22.3. The molecule has 0 N–H and O–H groups in total. The molecule has 0 aromatic heterocycles. The molecule has 154 valence electrons. The molecular formula is C23H23Cl3O3. The lowest BCUT2D eigenvalue weighted by Crippen LogP contribution is -2.65. The summed E-state index contributed by atoms with van der Waals surface area (Å²) in [5.41, 5.74) is 0.372. The van der Waals surface area contributed by atoms with E-state index in [1.165, 1.54) is 0 Å². The zero-order valence-electron chi connectivity index (χ0n) is 17.0. The van der Waals surface area contributed by atoms with Crippen LogP contribution in [0, 0.1) is 0 Å². The minimum absolute atomic E-state index is 0.468.